The second-order valence-corrected chi connectivity index (χ2v) is 7.23. The van der Waals surface area contributed by atoms with Gasteiger partial charge in [-0.15, -0.1) is 16.4 Å². The predicted molar refractivity (Wildman–Crippen MR) is 76.8 cm³/mol. The monoisotopic (exact) mass is 282 g/mol. The van der Waals surface area contributed by atoms with Gasteiger partial charge in [0.25, 0.3) is 0 Å². The molecule has 2 heterocycles. The fraction of sp³-hybridized carbons (Fsp3) is 0.500. The van der Waals surface area contributed by atoms with Crippen LogP contribution in [0.3, 0.4) is 0 Å². The molecule has 0 fully saturated rings. The minimum atomic E-state index is -0.0253. The lowest BCUT2D eigenvalue weighted by Crippen LogP contribution is -2.30. The third kappa shape index (κ3) is 2.61. The number of hydrogen-bond donors (Lipinski definition) is 2. The number of hydrogen-bond acceptors (Lipinski definition) is 6. The second-order valence-electron chi connectivity index (χ2n) is 5.33. The molecular weight excluding hydrogens is 264 g/mol. The number of nitrogens with zero attached hydrogens (tertiary/aromatic N) is 2. The van der Waals surface area contributed by atoms with Gasteiger partial charge in [0.15, 0.2) is 0 Å². The Hall–Kier alpha value is -0.820. The van der Waals surface area contributed by atoms with Crippen molar-refractivity contribution in [3.63, 3.8) is 0 Å². The van der Waals surface area contributed by atoms with E-state index in [0.717, 1.165) is 10.6 Å². The molecule has 1 atom stereocenters. The van der Waals surface area contributed by atoms with Crippen molar-refractivity contribution in [2.45, 2.75) is 39.2 Å². The molecule has 0 amide bonds. The number of thiophene rings is 1. The number of aryl methyl sites for hydroxylation is 1. The molecule has 2 aromatic rings. The summed E-state index contributed by atoms with van der Waals surface area (Å²) in [5, 5.41) is 6.40. The van der Waals surface area contributed by atoms with E-state index in [9.17, 15) is 0 Å². The lowest BCUT2D eigenvalue weighted by molar-refractivity contribution is 0.544. The van der Waals surface area contributed by atoms with E-state index in [1.54, 1.807) is 11.3 Å². The molecule has 0 saturated carbocycles. The summed E-state index contributed by atoms with van der Waals surface area (Å²) in [7, 11) is 0. The standard InChI is InChI=1S/C12H18N4S2/c1-7-5-8(6-17-7)9(14-13)10-11(12(2,3)4)15-16-18-10/h5-6,9,14H,13H2,1-4H3. The molecule has 4 nitrogen and oxygen atoms in total. The summed E-state index contributed by atoms with van der Waals surface area (Å²) in [6, 6.07) is 2.13. The summed E-state index contributed by atoms with van der Waals surface area (Å²) in [5.41, 5.74) is 5.05. The van der Waals surface area contributed by atoms with Gasteiger partial charge in [-0.3, -0.25) is 5.84 Å². The predicted octanol–water partition coefficient (Wildman–Crippen LogP) is 2.76. The van der Waals surface area contributed by atoms with Crippen molar-refractivity contribution in [3.8, 4) is 0 Å². The minimum Gasteiger partial charge on any atom is -0.271 e. The Labute approximate surface area is 115 Å². The van der Waals surface area contributed by atoms with Gasteiger partial charge in [0, 0.05) is 10.3 Å². The molecule has 98 valence electrons. The van der Waals surface area contributed by atoms with Gasteiger partial charge in [-0.1, -0.05) is 25.3 Å². The van der Waals surface area contributed by atoms with Crippen molar-refractivity contribution >= 4 is 22.9 Å². The minimum absolute atomic E-state index is 0.0239. The Morgan fingerprint density at radius 1 is 1.39 bits per heavy atom. The molecule has 3 N–H and O–H groups in total. The van der Waals surface area contributed by atoms with E-state index in [-0.39, 0.29) is 11.5 Å². The first-order valence-corrected chi connectivity index (χ1v) is 7.42. The average molecular weight is 282 g/mol. The first-order chi connectivity index (χ1) is 8.43. The number of nitrogens with one attached hydrogen (secondary N) is 1. The molecular formula is C12H18N4S2. The Balaban J connectivity index is 2.43. The summed E-state index contributed by atoms with van der Waals surface area (Å²) < 4.78 is 4.09. The van der Waals surface area contributed by atoms with Crippen LogP contribution in [0.15, 0.2) is 11.4 Å². The smallest absolute Gasteiger partial charge is 0.0861 e. The highest BCUT2D eigenvalue weighted by molar-refractivity contribution is 7.10. The molecule has 0 spiro atoms. The van der Waals surface area contributed by atoms with E-state index in [1.165, 1.54) is 22.0 Å². The molecule has 0 aliphatic heterocycles. The van der Waals surface area contributed by atoms with E-state index in [4.69, 9.17) is 5.84 Å². The highest BCUT2D eigenvalue weighted by atomic mass is 32.1. The molecule has 0 bridgehead atoms. The molecule has 2 aromatic heterocycles. The van der Waals surface area contributed by atoms with Crippen LogP contribution in [0.4, 0.5) is 0 Å². The van der Waals surface area contributed by atoms with Crippen molar-refractivity contribution in [1.29, 1.82) is 0 Å². The van der Waals surface area contributed by atoms with Crippen LogP contribution in [0.1, 0.15) is 47.8 Å². The summed E-state index contributed by atoms with van der Waals surface area (Å²) in [6.07, 6.45) is 0. The highest BCUT2D eigenvalue weighted by Gasteiger charge is 2.28. The highest BCUT2D eigenvalue weighted by Crippen LogP contribution is 2.34. The van der Waals surface area contributed by atoms with Crippen LogP contribution in [0.5, 0.6) is 0 Å². The zero-order chi connectivity index (χ0) is 13.3. The summed E-state index contributed by atoms with van der Waals surface area (Å²) in [4.78, 5) is 2.38. The van der Waals surface area contributed by atoms with Gasteiger partial charge < -0.3 is 0 Å². The van der Waals surface area contributed by atoms with Crippen molar-refractivity contribution in [3.05, 3.63) is 32.5 Å². The summed E-state index contributed by atoms with van der Waals surface area (Å²) >= 11 is 3.14. The van der Waals surface area contributed by atoms with Crippen LogP contribution in [0.2, 0.25) is 0 Å². The zero-order valence-electron chi connectivity index (χ0n) is 11.0. The Kier molecular flexibility index (Phi) is 3.82. The van der Waals surface area contributed by atoms with Crippen molar-refractivity contribution in [2.75, 3.05) is 0 Å². The van der Waals surface area contributed by atoms with E-state index in [1.807, 2.05) is 0 Å². The van der Waals surface area contributed by atoms with Crippen molar-refractivity contribution in [2.24, 2.45) is 5.84 Å². The molecule has 0 radical (unpaired) electrons. The quantitative estimate of drug-likeness (QED) is 0.671. The molecule has 1 unspecified atom stereocenters. The lowest BCUT2D eigenvalue weighted by atomic mass is 9.89. The van der Waals surface area contributed by atoms with Gasteiger partial charge in [0.1, 0.15) is 0 Å². The lowest BCUT2D eigenvalue weighted by Gasteiger charge is -2.20. The van der Waals surface area contributed by atoms with Crippen molar-refractivity contribution < 1.29 is 0 Å². The van der Waals surface area contributed by atoms with Gasteiger partial charge in [0.05, 0.1) is 16.6 Å². The fourth-order valence-electron chi connectivity index (χ4n) is 1.85. The second kappa shape index (κ2) is 5.05. The first kappa shape index (κ1) is 13.6. The largest absolute Gasteiger partial charge is 0.271 e. The molecule has 0 aromatic carbocycles. The number of aromatic nitrogens is 2. The Bertz CT molecular complexity index is 524. The Morgan fingerprint density at radius 3 is 2.61 bits per heavy atom. The van der Waals surface area contributed by atoms with E-state index < -0.39 is 0 Å². The number of nitrogens with two attached hydrogens (primary N) is 1. The molecule has 6 heteroatoms. The van der Waals surface area contributed by atoms with Gasteiger partial charge >= 0.3 is 0 Å². The van der Waals surface area contributed by atoms with Crippen LogP contribution in [0.25, 0.3) is 0 Å². The third-order valence-electron chi connectivity index (χ3n) is 2.74. The number of rotatable bonds is 3. The van der Waals surface area contributed by atoms with Crippen LogP contribution in [-0.4, -0.2) is 9.59 Å². The van der Waals surface area contributed by atoms with Crippen molar-refractivity contribution in [1.82, 2.24) is 15.0 Å². The van der Waals surface area contributed by atoms with Gasteiger partial charge in [-0.25, -0.2) is 5.43 Å². The molecule has 2 rings (SSSR count). The molecule has 0 aliphatic rings. The normalized spacial score (nSPS) is 13.8. The fourth-order valence-corrected chi connectivity index (χ4v) is 3.53. The van der Waals surface area contributed by atoms with Crippen LogP contribution >= 0.6 is 22.9 Å². The average Bonchev–Trinajstić information content (AvgIpc) is 2.88. The van der Waals surface area contributed by atoms with Gasteiger partial charge in [-0.05, 0) is 35.5 Å². The number of hydrazine groups is 1. The Morgan fingerprint density at radius 2 is 2.11 bits per heavy atom. The maximum Gasteiger partial charge on any atom is 0.0861 e. The summed E-state index contributed by atoms with van der Waals surface area (Å²) in [5.74, 6) is 5.72. The maximum absolute atomic E-state index is 5.72. The molecule has 0 aliphatic carbocycles. The van der Waals surface area contributed by atoms with Crippen LogP contribution in [0, 0.1) is 6.92 Å². The van der Waals surface area contributed by atoms with E-state index in [2.05, 4.69) is 54.2 Å². The topological polar surface area (TPSA) is 63.8 Å². The SMILES string of the molecule is Cc1cc(C(NN)c2snnc2C(C)(C)C)cs1. The molecule has 0 saturated heterocycles. The zero-order valence-corrected chi connectivity index (χ0v) is 12.7. The summed E-state index contributed by atoms with van der Waals surface area (Å²) in [6.45, 7) is 8.51. The van der Waals surface area contributed by atoms with Gasteiger partial charge in [0.2, 0.25) is 0 Å². The van der Waals surface area contributed by atoms with Crippen LogP contribution < -0.4 is 11.3 Å². The van der Waals surface area contributed by atoms with E-state index >= 15 is 0 Å². The van der Waals surface area contributed by atoms with Crippen LogP contribution in [-0.2, 0) is 5.41 Å². The third-order valence-corrected chi connectivity index (χ3v) is 4.41. The first-order valence-electron chi connectivity index (χ1n) is 5.77. The maximum atomic E-state index is 5.72. The van der Waals surface area contributed by atoms with E-state index in [0.29, 0.717) is 0 Å². The molecule has 18 heavy (non-hydrogen) atoms. The van der Waals surface area contributed by atoms with Gasteiger partial charge in [-0.2, -0.15) is 0 Å².